The van der Waals surface area contributed by atoms with E-state index in [9.17, 15) is 43.5 Å². The molecule has 2 unspecified atom stereocenters. The van der Waals surface area contributed by atoms with Crippen molar-refractivity contribution in [2.75, 3.05) is 58.9 Å². The Morgan fingerprint density at radius 2 is 1.72 bits per heavy atom. The maximum absolute atomic E-state index is 14.4. The fourth-order valence-electron chi connectivity index (χ4n) is 8.65. The number of aromatic nitrogens is 1. The summed E-state index contributed by atoms with van der Waals surface area (Å²) in [5.74, 6) is -3.57. The van der Waals surface area contributed by atoms with Crippen LogP contribution < -0.4 is 21.7 Å². The van der Waals surface area contributed by atoms with Crippen molar-refractivity contribution in [1.82, 2.24) is 30.3 Å². The van der Waals surface area contributed by atoms with Crippen molar-refractivity contribution >= 4 is 75.9 Å². The monoisotopic (exact) mass is 1040 g/mol. The van der Waals surface area contributed by atoms with Gasteiger partial charge >= 0.3 is 5.97 Å². The number of nitrogens with one attached hydrogen (secondary N) is 3. The van der Waals surface area contributed by atoms with Crippen LogP contribution in [-0.4, -0.2) is 148 Å². The summed E-state index contributed by atoms with van der Waals surface area (Å²) in [6.45, 7) is 17.0. The number of ketones is 2. The Balaban J connectivity index is 1.86. The zero-order valence-corrected chi connectivity index (χ0v) is 46.4. The van der Waals surface area contributed by atoms with Crippen LogP contribution in [0.4, 0.5) is 5.69 Å². The summed E-state index contributed by atoms with van der Waals surface area (Å²) in [7, 11) is 5.40. The number of thiazole rings is 1. The van der Waals surface area contributed by atoms with Crippen molar-refractivity contribution in [2.45, 2.75) is 149 Å². The third kappa shape index (κ3) is 18.0. The van der Waals surface area contributed by atoms with E-state index in [0.29, 0.717) is 36.4 Å². The molecule has 2 aromatic rings. The normalized spacial score (nSPS) is 16.5. The van der Waals surface area contributed by atoms with Crippen molar-refractivity contribution in [3.63, 3.8) is 0 Å². The van der Waals surface area contributed by atoms with Crippen molar-refractivity contribution < 1.29 is 53.9 Å². The Bertz CT molecular complexity index is 2180. The number of aromatic hydroxyl groups is 1. The van der Waals surface area contributed by atoms with E-state index in [1.54, 1.807) is 35.7 Å². The van der Waals surface area contributed by atoms with Crippen molar-refractivity contribution in [3.8, 4) is 5.75 Å². The van der Waals surface area contributed by atoms with Gasteiger partial charge in [-0.25, -0.2) is 4.98 Å². The van der Waals surface area contributed by atoms with E-state index in [1.165, 1.54) is 29.7 Å². The van der Waals surface area contributed by atoms with Gasteiger partial charge in [0.05, 0.1) is 23.0 Å². The number of likely N-dealkylation sites (N-methyl/N-ethyl adjacent to an activating group) is 1. The van der Waals surface area contributed by atoms with Crippen LogP contribution in [0, 0.1) is 23.7 Å². The first-order valence-electron chi connectivity index (χ1n) is 25.3. The van der Waals surface area contributed by atoms with E-state index in [-0.39, 0.29) is 110 Å². The van der Waals surface area contributed by atoms with E-state index in [4.69, 9.17) is 4.74 Å². The van der Waals surface area contributed by atoms with Crippen LogP contribution in [-0.2, 0) is 44.7 Å². The van der Waals surface area contributed by atoms with Crippen LogP contribution in [0.3, 0.4) is 0 Å². The number of carbonyl (C=O) groups excluding carboxylic acids is 8. The van der Waals surface area contributed by atoms with Crippen LogP contribution in [0.15, 0.2) is 23.6 Å². The molecule has 7 N–H and O–H groups in total. The topological polar surface area (TPSA) is 252 Å². The van der Waals surface area contributed by atoms with E-state index >= 15 is 0 Å². The molecular weight excluding hydrogens is 961 g/mol. The number of likely N-dealkylation sites (tertiary alicyclic amines) is 1. The van der Waals surface area contributed by atoms with Crippen LogP contribution in [0.25, 0.3) is 0 Å². The van der Waals surface area contributed by atoms with Gasteiger partial charge in [0.25, 0.3) is 5.91 Å². The minimum Gasteiger partial charge on any atom is -0.506 e. The second-order valence-corrected chi connectivity index (χ2v) is 22.2. The molecule has 1 fully saturated rings. The molecule has 1 aromatic carbocycles. The zero-order chi connectivity index (χ0) is 54.0. The lowest BCUT2D eigenvalue weighted by molar-refractivity contribution is -0.365. The van der Waals surface area contributed by atoms with Crippen LogP contribution in [0.1, 0.15) is 140 Å². The summed E-state index contributed by atoms with van der Waals surface area (Å²) in [6, 6.07) is 3.67. The Labute approximate surface area is 435 Å². The fourth-order valence-corrected chi connectivity index (χ4v) is 10.1. The molecule has 1 aliphatic heterocycles. The number of rotatable bonds is 32. The second-order valence-electron chi connectivity index (χ2n) is 20.2. The van der Waals surface area contributed by atoms with Crippen molar-refractivity contribution in [2.24, 2.45) is 23.7 Å². The predicted octanol–water partition coefficient (Wildman–Crippen LogP) is 5.05. The third-order valence-corrected chi connectivity index (χ3v) is 15.9. The molecule has 0 radical (unpaired) electrons. The van der Waals surface area contributed by atoms with Gasteiger partial charge in [0.1, 0.15) is 22.2 Å². The fraction of sp³-hybridized carbons (Fsp3) is 0.673. The number of phenolic OH excluding ortho intramolecular Hbond substituents is 1. The first-order chi connectivity index (χ1) is 33.9. The molecular formula is C52H83N8O10S2+. The van der Waals surface area contributed by atoms with Crippen LogP contribution >= 0.6 is 23.1 Å². The lowest BCUT2D eigenvalue weighted by Gasteiger charge is -2.38. The Morgan fingerprint density at radius 3 is 2.32 bits per heavy atom. The number of imide groups is 1. The number of Topliss-reactive ketones (excluding diaryl/α,β-unsaturated/α-hetero) is 2. The molecule has 18 nitrogen and oxygen atoms in total. The smallest absolute Gasteiger partial charge is 0.303 e. The minimum absolute atomic E-state index is 0.00844. The van der Waals surface area contributed by atoms with E-state index in [0.717, 1.165) is 24.4 Å². The molecule has 402 valence electrons. The van der Waals surface area contributed by atoms with Gasteiger partial charge in [0.15, 0.2) is 11.9 Å². The Morgan fingerprint density at radius 1 is 1.03 bits per heavy atom. The number of benzene rings is 1. The number of ether oxygens (including phenoxy) is 1. The Hall–Kier alpha value is -4.76. The van der Waals surface area contributed by atoms with Gasteiger partial charge in [-0.3, -0.25) is 48.2 Å². The quantitative estimate of drug-likeness (QED) is 0.0279. The highest BCUT2D eigenvalue weighted by atomic mass is 32.2. The number of nitrogens with zero attached hydrogens (tertiary/aromatic N) is 4. The van der Waals surface area contributed by atoms with Gasteiger partial charge in [-0.2, -0.15) is 11.8 Å². The van der Waals surface area contributed by atoms with E-state index in [2.05, 4.69) is 26.7 Å². The number of quaternary nitrogens is 1. The molecule has 0 aliphatic carbocycles. The molecule has 72 heavy (non-hydrogen) atoms. The molecule has 7 atom stereocenters. The molecule has 3 rings (SSSR count). The van der Waals surface area contributed by atoms with Gasteiger partial charge in [0.2, 0.25) is 23.6 Å². The van der Waals surface area contributed by atoms with E-state index < -0.39 is 58.6 Å². The second kappa shape index (κ2) is 29.2. The number of carbonyl (C=O) groups is 8. The number of amides is 5. The summed E-state index contributed by atoms with van der Waals surface area (Å²) in [4.78, 5) is 115. The molecule has 1 aliphatic rings. The van der Waals surface area contributed by atoms with Crippen LogP contribution in [0.2, 0.25) is 0 Å². The summed E-state index contributed by atoms with van der Waals surface area (Å²) >= 11 is 2.47. The Kier molecular flexibility index (Phi) is 25.0. The zero-order valence-electron chi connectivity index (χ0n) is 44.8. The van der Waals surface area contributed by atoms with Gasteiger partial charge in [-0.1, -0.05) is 47.1 Å². The van der Waals surface area contributed by atoms with Crippen molar-refractivity contribution in [1.29, 1.82) is 0 Å². The summed E-state index contributed by atoms with van der Waals surface area (Å²) in [5.41, 5.74) is 3.92. The molecule has 20 heteroatoms. The molecule has 1 aromatic heterocycles. The first-order valence-corrected chi connectivity index (χ1v) is 27.4. The lowest BCUT2D eigenvalue weighted by atomic mass is 9.81. The van der Waals surface area contributed by atoms with Gasteiger partial charge in [-0.15, -0.1) is 11.3 Å². The summed E-state index contributed by atoms with van der Waals surface area (Å²) in [6.07, 6.45) is 3.66. The van der Waals surface area contributed by atoms with Gasteiger partial charge < -0.3 is 36.4 Å². The number of esters is 1. The van der Waals surface area contributed by atoms with Crippen LogP contribution in [0.5, 0.6) is 5.75 Å². The number of thioether (sulfide) groups is 1. The lowest BCUT2D eigenvalue weighted by Crippen LogP contribution is -2.54. The molecule has 0 spiro atoms. The minimum atomic E-state index is -0.909. The highest BCUT2D eigenvalue weighted by Crippen LogP contribution is 2.34. The summed E-state index contributed by atoms with van der Waals surface area (Å²) < 4.78 is 5.86. The molecule has 2 heterocycles. The first kappa shape index (κ1) is 61.5. The number of hydrogen-bond acceptors (Lipinski definition) is 15. The third-order valence-electron chi connectivity index (χ3n) is 14.0. The predicted molar refractivity (Wildman–Crippen MR) is 281 cm³/mol. The van der Waals surface area contributed by atoms with Gasteiger partial charge in [-0.05, 0) is 96.0 Å². The number of phenols is 1. The number of anilines is 1. The number of hydrogen-bond donors (Lipinski definition) is 5. The summed E-state index contributed by atoms with van der Waals surface area (Å²) in [5, 5.41) is 21.3. The van der Waals surface area contributed by atoms with Gasteiger partial charge in [0, 0.05) is 88.5 Å². The molecule has 1 saturated heterocycles. The average molecular weight is 1040 g/mol. The largest absolute Gasteiger partial charge is 0.506 e. The maximum Gasteiger partial charge on any atom is 0.303 e. The van der Waals surface area contributed by atoms with Crippen molar-refractivity contribution in [3.05, 3.63) is 39.8 Å². The highest BCUT2D eigenvalue weighted by Gasteiger charge is 2.40. The average Bonchev–Trinajstić information content (AvgIpc) is 3.93. The molecule has 5 amide bonds. The molecule has 0 saturated carbocycles. The van der Waals surface area contributed by atoms with E-state index in [1.807, 2.05) is 67.5 Å². The highest BCUT2D eigenvalue weighted by molar-refractivity contribution is 8.00. The SMILES string of the molecule is CC[C@H](C)[C@H](CC(=O)C(C)(C)N(C)C)C(=O)N(C)[C@H](C[C@@H](OC(C)=O)c1nc(C(=O)N[C@@H](Cc2ccc(O)c(NC(=O)CCCN3C(=O)CC(SC)C3=O)c2)CC(C)C(=O)CCCNCC[NH3+])cs1)C(C)C. The maximum atomic E-state index is 14.4. The standard InChI is InChI=1S/C52H82N8O10S2/c1-13-32(4)37(27-45(64)52(7,8)58(9)10)50(68)59(11)40(31(2)3)28-43(70-34(6)61)49-57-39(30-72-49)48(67)55-36(24-33(5)41(62)16-14-21-54-22-20-53)25-35-18-19-42(63)38(26-35)56-46(65)17-15-23-60-47(66)29-44(71-12)51(60)69/h18-19,26,30-33,36-37,40,43-44,54,63H,13-17,20-25,27-29,53H2,1-12H3,(H,55,67)(H,56,65)/p+1/t32-,33?,36+,37-,40+,43+,44?/m0/s1. The molecule has 0 bridgehead atoms.